The Morgan fingerprint density at radius 1 is 1.03 bits per heavy atom. The highest BCUT2D eigenvalue weighted by atomic mass is 32.2. The Kier molecular flexibility index (Phi) is 6.07. The zero-order valence-electron chi connectivity index (χ0n) is 17.9. The molecule has 0 aliphatic carbocycles. The predicted octanol–water partition coefficient (Wildman–Crippen LogP) is 4.91. The van der Waals surface area contributed by atoms with E-state index < -0.39 is 38.8 Å². The van der Waals surface area contributed by atoms with Gasteiger partial charge in [-0.2, -0.15) is 13.2 Å². The second kappa shape index (κ2) is 8.07. The first-order valence-electron chi connectivity index (χ1n) is 9.84. The molecule has 0 saturated carbocycles. The standard InChI is InChI=1S/C24H23F3O4S/c1-5-30-23(24(25,26)27)22(18(2)21(3,4)31-23,17-16-19-12-8-6-9-13-19)32(28,29)20-14-10-7-11-15-20/h6-15H,2,5H2,1,3-4H3/t22-,23+/m1/s1. The Bertz CT molecular complexity index is 1160. The van der Waals surface area contributed by atoms with E-state index in [0.29, 0.717) is 5.56 Å². The lowest BCUT2D eigenvalue weighted by molar-refractivity contribution is -0.384. The van der Waals surface area contributed by atoms with Crippen molar-refractivity contribution in [1.82, 2.24) is 0 Å². The van der Waals surface area contributed by atoms with Gasteiger partial charge in [0, 0.05) is 12.2 Å². The van der Waals surface area contributed by atoms with Gasteiger partial charge in [0.05, 0.1) is 10.5 Å². The first-order chi connectivity index (χ1) is 14.9. The minimum absolute atomic E-state index is 0.334. The van der Waals surface area contributed by atoms with Crippen LogP contribution in [0.2, 0.25) is 0 Å². The average molecular weight is 465 g/mol. The maximum absolute atomic E-state index is 14.8. The van der Waals surface area contributed by atoms with Crippen molar-refractivity contribution in [1.29, 1.82) is 0 Å². The van der Waals surface area contributed by atoms with Gasteiger partial charge in [-0.1, -0.05) is 54.8 Å². The SMILES string of the molecule is C=C1C(C)(C)O[C@](OCC)(C(F)(F)F)[C@]1(C#Cc1ccccc1)S(=O)(=O)c1ccccc1. The molecule has 0 amide bonds. The highest BCUT2D eigenvalue weighted by molar-refractivity contribution is 7.93. The van der Waals surface area contributed by atoms with Crippen molar-refractivity contribution in [3.63, 3.8) is 0 Å². The third kappa shape index (κ3) is 3.45. The molecule has 1 saturated heterocycles. The van der Waals surface area contributed by atoms with E-state index in [1.165, 1.54) is 45.0 Å². The summed E-state index contributed by atoms with van der Waals surface area (Å²) in [5, 5.41) is 0. The van der Waals surface area contributed by atoms with E-state index in [4.69, 9.17) is 9.47 Å². The van der Waals surface area contributed by atoms with Crippen molar-refractivity contribution >= 4 is 9.84 Å². The molecule has 2 atom stereocenters. The first-order valence-corrected chi connectivity index (χ1v) is 11.3. The smallest absolute Gasteiger partial charge is 0.341 e. The van der Waals surface area contributed by atoms with Crippen LogP contribution < -0.4 is 0 Å². The maximum Gasteiger partial charge on any atom is 0.446 e. The predicted molar refractivity (Wildman–Crippen MR) is 114 cm³/mol. The molecule has 0 radical (unpaired) electrons. The minimum Gasteiger partial charge on any atom is -0.341 e. The third-order valence-electron chi connectivity index (χ3n) is 5.35. The number of ether oxygens (including phenoxy) is 2. The van der Waals surface area contributed by atoms with E-state index in [1.54, 1.807) is 36.4 Å². The molecule has 2 aromatic carbocycles. The van der Waals surface area contributed by atoms with Gasteiger partial charge in [0.15, 0.2) is 0 Å². The van der Waals surface area contributed by atoms with Crippen LogP contribution in [0.5, 0.6) is 0 Å². The van der Waals surface area contributed by atoms with Gasteiger partial charge < -0.3 is 9.47 Å². The second-order valence-corrected chi connectivity index (χ2v) is 9.84. The van der Waals surface area contributed by atoms with E-state index in [1.807, 2.05) is 0 Å². The number of hydrogen-bond donors (Lipinski definition) is 0. The quantitative estimate of drug-likeness (QED) is 0.477. The normalized spacial score (nSPS) is 25.2. The van der Waals surface area contributed by atoms with E-state index in [-0.39, 0.29) is 10.5 Å². The lowest BCUT2D eigenvalue weighted by atomic mass is 9.85. The monoisotopic (exact) mass is 464 g/mol. The summed E-state index contributed by atoms with van der Waals surface area (Å²) in [6, 6.07) is 15.0. The van der Waals surface area contributed by atoms with E-state index >= 15 is 0 Å². The van der Waals surface area contributed by atoms with Gasteiger partial charge in [0.25, 0.3) is 0 Å². The van der Waals surface area contributed by atoms with Gasteiger partial charge in [-0.3, -0.25) is 0 Å². The number of halogens is 3. The van der Waals surface area contributed by atoms with Crippen molar-refractivity contribution in [2.24, 2.45) is 0 Å². The lowest BCUT2D eigenvalue weighted by Gasteiger charge is -2.40. The number of benzene rings is 2. The van der Waals surface area contributed by atoms with Crippen LogP contribution in [0.4, 0.5) is 13.2 Å². The van der Waals surface area contributed by atoms with Crippen LogP contribution in [-0.4, -0.2) is 37.3 Å². The van der Waals surface area contributed by atoms with Crippen LogP contribution in [0.3, 0.4) is 0 Å². The summed E-state index contributed by atoms with van der Waals surface area (Å²) >= 11 is 0. The van der Waals surface area contributed by atoms with Gasteiger partial charge in [0.2, 0.25) is 14.6 Å². The zero-order valence-corrected chi connectivity index (χ0v) is 18.7. The molecule has 32 heavy (non-hydrogen) atoms. The van der Waals surface area contributed by atoms with Gasteiger partial charge in [0.1, 0.15) is 0 Å². The molecule has 0 unspecified atom stereocenters. The minimum atomic E-state index is -5.26. The Morgan fingerprint density at radius 3 is 2.06 bits per heavy atom. The van der Waals surface area contributed by atoms with Crippen molar-refractivity contribution in [3.05, 3.63) is 78.4 Å². The summed E-state index contributed by atoms with van der Waals surface area (Å²) in [6.07, 6.45) is -5.26. The summed E-state index contributed by atoms with van der Waals surface area (Å²) in [4.78, 5) is -0.349. The van der Waals surface area contributed by atoms with Gasteiger partial charge in [-0.25, -0.2) is 8.42 Å². The van der Waals surface area contributed by atoms with Gasteiger partial charge in [-0.05, 0) is 50.6 Å². The van der Waals surface area contributed by atoms with Crippen LogP contribution in [0.25, 0.3) is 0 Å². The fourth-order valence-corrected chi connectivity index (χ4v) is 6.01. The van der Waals surface area contributed by atoms with Crippen LogP contribution in [-0.2, 0) is 19.3 Å². The fourth-order valence-electron chi connectivity index (χ4n) is 3.81. The molecule has 0 N–H and O–H groups in total. The summed E-state index contributed by atoms with van der Waals surface area (Å²) in [5.74, 6) is 1.45. The van der Waals surface area contributed by atoms with Crippen molar-refractivity contribution < 1.29 is 31.1 Å². The molecule has 0 spiro atoms. The Morgan fingerprint density at radius 2 is 1.56 bits per heavy atom. The highest BCUT2D eigenvalue weighted by Crippen LogP contribution is 2.60. The van der Waals surface area contributed by atoms with E-state index in [9.17, 15) is 21.6 Å². The molecule has 3 rings (SSSR count). The molecule has 1 aliphatic heterocycles. The number of hydrogen-bond acceptors (Lipinski definition) is 4. The molecule has 0 aromatic heterocycles. The summed E-state index contributed by atoms with van der Waals surface area (Å²) < 4.78 is 79.9. The van der Waals surface area contributed by atoms with E-state index in [2.05, 4.69) is 18.4 Å². The molecule has 4 nitrogen and oxygen atoms in total. The molecule has 170 valence electrons. The van der Waals surface area contributed by atoms with Crippen LogP contribution in [0, 0.1) is 11.8 Å². The number of alkyl halides is 3. The second-order valence-electron chi connectivity index (χ2n) is 7.75. The summed E-state index contributed by atoms with van der Waals surface area (Å²) in [7, 11) is -4.85. The van der Waals surface area contributed by atoms with Gasteiger partial charge >= 0.3 is 12.0 Å². The molecular weight excluding hydrogens is 441 g/mol. The Balaban J connectivity index is 2.49. The zero-order chi connectivity index (χ0) is 23.8. The molecule has 8 heteroatoms. The largest absolute Gasteiger partial charge is 0.446 e. The van der Waals surface area contributed by atoms with E-state index in [0.717, 1.165) is 0 Å². The maximum atomic E-state index is 14.8. The molecule has 0 bridgehead atoms. The molecular formula is C24H23F3O4S. The van der Waals surface area contributed by atoms with Gasteiger partial charge in [-0.15, -0.1) is 0 Å². The van der Waals surface area contributed by atoms with Crippen LogP contribution in [0.1, 0.15) is 26.3 Å². The number of rotatable bonds is 4. The summed E-state index contributed by atoms with van der Waals surface area (Å²) in [6.45, 7) is 7.27. The fraction of sp³-hybridized carbons (Fsp3) is 0.333. The lowest BCUT2D eigenvalue weighted by Crippen LogP contribution is -2.65. The molecule has 1 heterocycles. The topological polar surface area (TPSA) is 52.6 Å². The van der Waals surface area contributed by atoms with Crippen molar-refractivity contribution in [3.8, 4) is 11.8 Å². The Labute approximate surface area is 186 Å². The molecule has 2 aromatic rings. The Hall–Kier alpha value is -2.60. The molecule has 1 fully saturated rings. The summed E-state index contributed by atoms with van der Waals surface area (Å²) in [5.41, 5.74) is -1.74. The highest BCUT2D eigenvalue weighted by Gasteiger charge is 2.82. The number of sulfone groups is 1. The van der Waals surface area contributed by atoms with Crippen molar-refractivity contribution in [2.75, 3.05) is 6.61 Å². The van der Waals surface area contributed by atoms with Crippen molar-refractivity contribution in [2.45, 2.75) is 48.0 Å². The molecule has 1 aliphatic rings. The van der Waals surface area contributed by atoms with Crippen LogP contribution >= 0.6 is 0 Å². The average Bonchev–Trinajstić information content (AvgIpc) is 2.92. The third-order valence-corrected chi connectivity index (χ3v) is 7.66. The van der Waals surface area contributed by atoms with Crippen LogP contribution in [0.15, 0.2) is 77.7 Å². The first kappa shape index (κ1) is 24.1.